The maximum Gasteiger partial charge on any atom is 0.266 e. The van der Waals surface area contributed by atoms with Crippen LogP contribution in [-0.4, -0.2) is 46.1 Å². The summed E-state index contributed by atoms with van der Waals surface area (Å²) in [4.78, 5) is 29.4. The second-order valence-corrected chi connectivity index (χ2v) is 7.70. The van der Waals surface area contributed by atoms with Gasteiger partial charge in [-0.25, -0.2) is 0 Å². The van der Waals surface area contributed by atoms with Crippen molar-refractivity contribution in [3.8, 4) is 0 Å². The minimum atomic E-state index is -0.165. The molecule has 2 aliphatic heterocycles. The van der Waals surface area contributed by atoms with Crippen LogP contribution in [0.5, 0.6) is 0 Å². The van der Waals surface area contributed by atoms with E-state index in [1.54, 1.807) is 7.05 Å². The monoisotopic (exact) mass is 360 g/mol. The molecule has 2 heterocycles. The zero-order chi connectivity index (χ0) is 17.1. The molecule has 126 valence electrons. The topological polar surface area (TPSA) is 40.6 Å². The first-order valence-corrected chi connectivity index (χ1v) is 9.36. The number of benzene rings is 1. The molecule has 0 N–H and O–H groups in total. The van der Waals surface area contributed by atoms with Crippen LogP contribution in [0.4, 0.5) is 0 Å². The fourth-order valence-corrected chi connectivity index (χ4v) is 4.20. The maximum absolute atomic E-state index is 13.1. The van der Waals surface area contributed by atoms with E-state index >= 15 is 0 Å². The molecule has 2 aliphatic rings. The molecule has 1 aromatic rings. The number of hydrogen-bond donors (Lipinski definition) is 0. The number of thioether (sulfide) groups is 1. The molecule has 0 radical (unpaired) electrons. The number of thiocarbonyl (C=S) groups is 1. The number of amides is 2. The van der Waals surface area contributed by atoms with Crippen molar-refractivity contribution >= 4 is 40.1 Å². The van der Waals surface area contributed by atoms with Gasteiger partial charge in [0, 0.05) is 32.1 Å². The summed E-state index contributed by atoms with van der Waals surface area (Å²) in [6, 6.07) is 9.81. The highest BCUT2D eigenvalue weighted by Gasteiger charge is 2.35. The number of hydrogen-bond acceptors (Lipinski definition) is 4. The molecule has 2 amide bonds. The van der Waals surface area contributed by atoms with Crippen molar-refractivity contribution in [3.05, 3.63) is 46.4 Å². The molecule has 24 heavy (non-hydrogen) atoms. The van der Waals surface area contributed by atoms with Crippen molar-refractivity contribution in [2.75, 3.05) is 20.1 Å². The fraction of sp³-hybridized carbons (Fsp3) is 0.389. The van der Waals surface area contributed by atoms with Crippen LogP contribution in [0.1, 0.15) is 24.8 Å². The Morgan fingerprint density at radius 3 is 2.42 bits per heavy atom. The smallest absolute Gasteiger partial charge is 0.266 e. The Hall–Kier alpha value is -1.66. The molecule has 0 saturated carbocycles. The highest BCUT2D eigenvalue weighted by atomic mass is 32.2. The predicted molar refractivity (Wildman–Crippen MR) is 101 cm³/mol. The number of nitrogens with zero attached hydrogens (tertiary/aromatic N) is 2. The third-order valence-electron chi connectivity index (χ3n) is 4.36. The van der Waals surface area contributed by atoms with Gasteiger partial charge in [-0.3, -0.25) is 14.5 Å². The van der Waals surface area contributed by atoms with Gasteiger partial charge >= 0.3 is 0 Å². The van der Waals surface area contributed by atoms with Crippen molar-refractivity contribution in [2.24, 2.45) is 0 Å². The van der Waals surface area contributed by atoms with E-state index in [1.165, 1.54) is 16.7 Å². The maximum atomic E-state index is 13.1. The molecule has 0 atom stereocenters. The fourth-order valence-electron chi connectivity index (χ4n) is 2.97. The first kappa shape index (κ1) is 17.2. The van der Waals surface area contributed by atoms with Crippen molar-refractivity contribution in [1.29, 1.82) is 0 Å². The van der Waals surface area contributed by atoms with Gasteiger partial charge in [-0.05, 0) is 24.8 Å². The molecule has 2 saturated heterocycles. The van der Waals surface area contributed by atoms with Crippen LogP contribution in [0.15, 0.2) is 40.8 Å². The summed E-state index contributed by atoms with van der Waals surface area (Å²) in [6.45, 7) is 1.53. The van der Waals surface area contributed by atoms with Crippen LogP contribution >= 0.6 is 24.0 Å². The van der Waals surface area contributed by atoms with Crippen molar-refractivity contribution in [1.82, 2.24) is 9.80 Å². The quantitative estimate of drug-likeness (QED) is 0.614. The minimum Gasteiger partial charge on any atom is -0.339 e. The van der Waals surface area contributed by atoms with Crippen LogP contribution in [0, 0.1) is 0 Å². The van der Waals surface area contributed by atoms with E-state index < -0.39 is 0 Å². The number of rotatable bonds is 3. The van der Waals surface area contributed by atoms with Gasteiger partial charge in [0.2, 0.25) is 0 Å². The Balaban J connectivity index is 1.96. The van der Waals surface area contributed by atoms with Crippen LogP contribution in [0.25, 0.3) is 0 Å². The summed E-state index contributed by atoms with van der Waals surface area (Å²) < 4.78 is 0.506. The van der Waals surface area contributed by atoms with E-state index in [-0.39, 0.29) is 11.8 Å². The zero-order valence-electron chi connectivity index (χ0n) is 13.7. The summed E-state index contributed by atoms with van der Waals surface area (Å²) in [5.74, 6) is -0.186. The lowest BCUT2D eigenvalue weighted by atomic mass is 10.0. The van der Waals surface area contributed by atoms with Gasteiger partial charge in [0.1, 0.15) is 4.32 Å². The largest absolute Gasteiger partial charge is 0.339 e. The van der Waals surface area contributed by atoms with Crippen LogP contribution in [0.2, 0.25) is 0 Å². The Morgan fingerprint density at radius 1 is 1.17 bits per heavy atom. The van der Waals surface area contributed by atoms with Crippen molar-refractivity contribution in [2.45, 2.75) is 25.7 Å². The van der Waals surface area contributed by atoms with Crippen LogP contribution in [-0.2, 0) is 16.0 Å². The lowest BCUT2D eigenvalue weighted by molar-refractivity contribution is -0.129. The van der Waals surface area contributed by atoms with E-state index in [1.807, 2.05) is 35.2 Å². The van der Waals surface area contributed by atoms with Crippen LogP contribution < -0.4 is 0 Å². The standard InChI is InChI=1S/C18H20N2O2S2/c1-19-17(22)15(24-18(19)23)14(12-13-8-4-2-5-9-13)16(21)20-10-6-3-7-11-20/h2,4-5,8-9H,3,6-7,10-12H2,1H3/b15-14+. The normalized spacial score (nSPS) is 20.5. The number of carbonyl (C=O) groups excluding carboxylic acids is 2. The van der Waals surface area contributed by atoms with E-state index in [0.29, 0.717) is 21.2 Å². The Morgan fingerprint density at radius 2 is 1.83 bits per heavy atom. The summed E-state index contributed by atoms with van der Waals surface area (Å²) in [5.41, 5.74) is 1.60. The lowest BCUT2D eigenvalue weighted by Gasteiger charge is -2.28. The van der Waals surface area contributed by atoms with Gasteiger partial charge in [-0.1, -0.05) is 54.3 Å². The van der Waals surface area contributed by atoms with Gasteiger partial charge in [0.25, 0.3) is 11.8 Å². The summed E-state index contributed by atoms with van der Waals surface area (Å²) in [7, 11) is 1.66. The van der Waals surface area contributed by atoms with Crippen molar-refractivity contribution in [3.63, 3.8) is 0 Å². The zero-order valence-corrected chi connectivity index (χ0v) is 15.3. The molecule has 2 fully saturated rings. The first-order valence-electron chi connectivity index (χ1n) is 8.14. The molecule has 0 aromatic heterocycles. The molecule has 0 spiro atoms. The molecule has 4 nitrogen and oxygen atoms in total. The Labute approximate surface area is 151 Å². The number of piperidine rings is 1. The molecule has 6 heteroatoms. The van der Waals surface area contributed by atoms with Gasteiger partial charge in [-0.2, -0.15) is 0 Å². The molecule has 0 unspecified atom stereocenters. The second kappa shape index (κ2) is 7.49. The molecule has 3 rings (SSSR count). The molecular weight excluding hydrogens is 340 g/mol. The molecule has 0 aliphatic carbocycles. The van der Waals surface area contributed by atoms with Crippen molar-refractivity contribution < 1.29 is 9.59 Å². The third-order valence-corrected chi connectivity index (χ3v) is 5.96. The van der Waals surface area contributed by atoms with Crippen LogP contribution in [0.3, 0.4) is 0 Å². The lowest BCUT2D eigenvalue weighted by Crippen LogP contribution is -2.37. The second-order valence-electron chi connectivity index (χ2n) is 6.06. The van der Waals surface area contributed by atoms with E-state index in [9.17, 15) is 9.59 Å². The number of likely N-dealkylation sites (tertiary alicyclic amines) is 1. The molecule has 1 aromatic carbocycles. The average molecular weight is 361 g/mol. The number of carbonyl (C=O) groups is 2. The van der Waals surface area contributed by atoms with Gasteiger partial charge in [0.15, 0.2) is 0 Å². The van der Waals surface area contributed by atoms with E-state index in [4.69, 9.17) is 12.2 Å². The van der Waals surface area contributed by atoms with Gasteiger partial charge in [0.05, 0.1) is 4.91 Å². The minimum absolute atomic E-state index is 0.0208. The van der Waals surface area contributed by atoms with E-state index in [2.05, 4.69) is 0 Å². The van der Waals surface area contributed by atoms with Gasteiger partial charge < -0.3 is 4.90 Å². The Kier molecular flexibility index (Phi) is 5.36. The molecule has 0 bridgehead atoms. The third kappa shape index (κ3) is 3.54. The summed E-state index contributed by atoms with van der Waals surface area (Å²) >= 11 is 6.47. The molecular formula is C18H20N2O2S2. The number of likely N-dealkylation sites (N-methyl/N-ethyl adjacent to an activating group) is 1. The SMILES string of the molecule is CN1C(=O)/C(=C(/Cc2ccccc2)C(=O)N2CCCCC2)SC1=S. The first-order chi connectivity index (χ1) is 11.6. The van der Waals surface area contributed by atoms with E-state index in [0.717, 1.165) is 37.9 Å². The highest BCUT2D eigenvalue weighted by molar-refractivity contribution is 8.26. The average Bonchev–Trinajstić information content (AvgIpc) is 2.88. The summed E-state index contributed by atoms with van der Waals surface area (Å²) in [6.07, 6.45) is 3.67. The predicted octanol–water partition coefficient (Wildman–Crippen LogP) is 2.99. The van der Waals surface area contributed by atoms with Gasteiger partial charge in [-0.15, -0.1) is 0 Å². The highest BCUT2D eigenvalue weighted by Crippen LogP contribution is 2.34. The summed E-state index contributed by atoms with van der Waals surface area (Å²) in [5, 5.41) is 0. The Bertz CT molecular complexity index is 694.